The summed E-state index contributed by atoms with van der Waals surface area (Å²) in [5, 5.41) is 5.08. The maximum Gasteiger partial charge on any atom is 0.172 e. The molecule has 0 saturated carbocycles. The molecule has 0 radical (unpaired) electrons. The standard InChI is InChI=1S/C30H20O2P2/c31-33(21-11-3-1-4-12-21)27-17-9-7-15-23(27)25-20-30-26(19-29(25)33)24-16-8-10-18-28(24)34(30,32)22-13-5-2-6-14-22/h1-20H. The normalized spacial score (nSPS) is 21.4. The third-order valence-corrected chi connectivity index (χ3v) is 13.4. The predicted octanol–water partition coefficient (Wildman–Crippen LogP) is 4.93. The van der Waals surface area contributed by atoms with Gasteiger partial charge in [0.2, 0.25) is 0 Å². The predicted molar refractivity (Wildman–Crippen MR) is 143 cm³/mol. The first-order valence-corrected chi connectivity index (χ1v) is 14.8. The number of benzene rings is 5. The Labute approximate surface area is 198 Å². The Bertz CT molecular complexity index is 1580. The van der Waals surface area contributed by atoms with E-state index in [2.05, 4.69) is 12.1 Å². The van der Waals surface area contributed by atoms with Crippen molar-refractivity contribution in [2.75, 3.05) is 0 Å². The van der Waals surface area contributed by atoms with E-state index in [-0.39, 0.29) is 0 Å². The molecule has 0 spiro atoms. The van der Waals surface area contributed by atoms with Crippen molar-refractivity contribution in [1.29, 1.82) is 0 Å². The fourth-order valence-corrected chi connectivity index (χ4v) is 11.7. The summed E-state index contributed by atoms with van der Waals surface area (Å²) in [5.74, 6) is 0. The Balaban J connectivity index is 1.60. The van der Waals surface area contributed by atoms with E-state index in [1.807, 2.05) is 109 Å². The fraction of sp³-hybridized carbons (Fsp3) is 0. The van der Waals surface area contributed by atoms with E-state index in [0.29, 0.717) is 0 Å². The van der Waals surface area contributed by atoms with Crippen molar-refractivity contribution >= 4 is 46.1 Å². The quantitative estimate of drug-likeness (QED) is 0.333. The van der Waals surface area contributed by atoms with Gasteiger partial charge in [-0.15, -0.1) is 0 Å². The highest BCUT2D eigenvalue weighted by Gasteiger charge is 2.45. The Morgan fingerprint density at radius 2 is 0.706 bits per heavy atom. The lowest BCUT2D eigenvalue weighted by atomic mass is 10.0. The van der Waals surface area contributed by atoms with Crippen molar-refractivity contribution in [2.24, 2.45) is 0 Å². The van der Waals surface area contributed by atoms with Gasteiger partial charge in [0.1, 0.15) is 0 Å². The largest absolute Gasteiger partial charge is 0.309 e. The van der Waals surface area contributed by atoms with E-state index in [0.717, 1.165) is 54.1 Å². The summed E-state index contributed by atoms with van der Waals surface area (Å²) < 4.78 is 29.9. The average Bonchev–Trinajstić information content (AvgIpc) is 3.32. The minimum atomic E-state index is -3.05. The number of hydrogen-bond donors (Lipinski definition) is 0. The summed E-state index contributed by atoms with van der Waals surface area (Å²) in [7, 11) is -6.10. The molecule has 0 aliphatic carbocycles. The van der Waals surface area contributed by atoms with Crippen LogP contribution < -0.4 is 31.8 Å². The lowest BCUT2D eigenvalue weighted by Crippen LogP contribution is -2.23. The number of hydrogen-bond acceptors (Lipinski definition) is 2. The molecular formula is C30H20O2P2. The van der Waals surface area contributed by atoms with Gasteiger partial charge in [0.05, 0.1) is 0 Å². The second kappa shape index (κ2) is 7.03. The second-order valence-corrected chi connectivity index (χ2v) is 14.2. The molecule has 2 nitrogen and oxygen atoms in total. The molecule has 162 valence electrons. The summed E-state index contributed by atoms with van der Waals surface area (Å²) in [6.45, 7) is 0. The van der Waals surface area contributed by atoms with E-state index in [4.69, 9.17) is 0 Å². The Hall–Kier alpha value is -3.44. The summed E-state index contributed by atoms with van der Waals surface area (Å²) in [5.41, 5.74) is 3.82. The summed E-state index contributed by atoms with van der Waals surface area (Å²) in [6, 6.07) is 39.6. The fourth-order valence-electron chi connectivity index (χ4n) is 5.57. The highest BCUT2D eigenvalue weighted by molar-refractivity contribution is 7.87. The zero-order chi connectivity index (χ0) is 22.9. The monoisotopic (exact) mass is 474 g/mol. The molecule has 4 heteroatoms. The van der Waals surface area contributed by atoms with Crippen LogP contribution in [0, 0.1) is 0 Å². The van der Waals surface area contributed by atoms with E-state index >= 15 is 0 Å². The van der Waals surface area contributed by atoms with Crippen LogP contribution in [0.25, 0.3) is 22.3 Å². The number of fused-ring (bicyclic) bond motifs is 6. The maximum absolute atomic E-state index is 14.9. The Morgan fingerprint density at radius 3 is 1.12 bits per heavy atom. The molecule has 2 aliphatic heterocycles. The molecular weight excluding hydrogens is 454 g/mol. The Morgan fingerprint density at radius 1 is 0.353 bits per heavy atom. The van der Waals surface area contributed by atoms with E-state index < -0.39 is 14.3 Å². The molecule has 5 aromatic rings. The lowest BCUT2D eigenvalue weighted by molar-refractivity contribution is 0.592. The first kappa shape index (κ1) is 20.0. The van der Waals surface area contributed by atoms with Gasteiger partial charge in [0, 0.05) is 31.8 Å². The van der Waals surface area contributed by atoms with Gasteiger partial charge in [-0.05, 0) is 34.4 Å². The van der Waals surface area contributed by atoms with Crippen LogP contribution in [-0.2, 0) is 9.13 Å². The molecule has 5 aromatic carbocycles. The summed E-state index contributed by atoms with van der Waals surface area (Å²) >= 11 is 0. The van der Waals surface area contributed by atoms with Crippen LogP contribution in [0.3, 0.4) is 0 Å². The van der Waals surface area contributed by atoms with Crippen LogP contribution in [0.15, 0.2) is 121 Å². The molecule has 0 bridgehead atoms. The average molecular weight is 474 g/mol. The van der Waals surface area contributed by atoms with Crippen molar-refractivity contribution in [3.8, 4) is 22.3 Å². The van der Waals surface area contributed by atoms with Crippen LogP contribution in [-0.4, -0.2) is 0 Å². The highest BCUT2D eigenvalue weighted by Crippen LogP contribution is 2.57. The SMILES string of the molecule is O=P1(c2ccccc2)c2ccccc2-c2cc3c(cc21)-c1ccccc1P3(=O)c1ccccc1. The van der Waals surface area contributed by atoms with Crippen molar-refractivity contribution in [1.82, 2.24) is 0 Å². The van der Waals surface area contributed by atoms with Gasteiger partial charge in [-0.2, -0.15) is 0 Å². The van der Waals surface area contributed by atoms with Gasteiger partial charge in [0.15, 0.2) is 14.3 Å². The molecule has 2 aliphatic rings. The summed E-state index contributed by atoms with van der Waals surface area (Å²) in [6.07, 6.45) is 0. The zero-order valence-electron chi connectivity index (χ0n) is 18.3. The van der Waals surface area contributed by atoms with Crippen molar-refractivity contribution in [2.45, 2.75) is 0 Å². The zero-order valence-corrected chi connectivity index (χ0v) is 20.0. The van der Waals surface area contributed by atoms with Gasteiger partial charge in [-0.25, -0.2) is 0 Å². The van der Waals surface area contributed by atoms with E-state index in [1.165, 1.54) is 0 Å². The van der Waals surface area contributed by atoms with Crippen molar-refractivity contribution in [3.63, 3.8) is 0 Å². The van der Waals surface area contributed by atoms with Crippen LogP contribution in [0.4, 0.5) is 0 Å². The van der Waals surface area contributed by atoms with Crippen LogP contribution >= 0.6 is 14.3 Å². The number of rotatable bonds is 2. The molecule has 0 amide bonds. The first-order chi connectivity index (χ1) is 16.6. The van der Waals surface area contributed by atoms with E-state index in [9.17, 15) is 9.13 Å². The molecule has 0 N–H and O–H groups in total. The summed E-state index contributed by atoms with van der Waals surface area (Å²) in [4.78, 5) is 0. The molecule has 2 unspecified atom stereocenters. The van der Waals surface area contributed by atoms with E-state index in [1.54, 1.807) is 0 Å². The van der Waals surface area contributed by atoms with Gasteiger partial charge in [0.25, 0.3) is 0 Å². The van der Waals surface area contributed by atoms with Gasteiger partial charge >= 0.3 is 0 Å². The van der Waals surface area contributed by atoms with Crippen LogP contribution in [0.1, 0.15) is 0 Å². The van der Waals surface area contributed by atoms with Crippen LogP contribution in [0.2, 0.25) is 0 Å². The first-order valence-electron chi connectivity index (χ1n) is 11.3. The molecule has 0 saturated heterocycles. The molecule has 34 heavy (non-hydrogen) atoms. The molecule has 0 fully saturated rings. The topological polar surface area (TPSA) is 34.1 Å². The van der Waals surface area contributed by atoms with Gasteiger partial charge in [-0.1, -0.05) is 109 Å². The van der Waals surface area contributed by atoms with Crippen LogP contribution in [0.5, 0.6) is 0 Å². The third kappa shape index (κ3) is 2.43. The highest BCUT2D eigenvalue weighted by atomic mass is 31.2. The minimum Gasteiger partial charge on any atom is -0.309 e. The molecule has 7 rings (SSSR count). The lowest BCUT2D eigenvalue weighted by Gasteiger charge is -2.18. The van der Waals surface area contributed by atoms with Gasteiger partial charge < -0.3 is 9.13 Å². The Kier molecular flexibility index (Phi) is 4.13. The van der Waals surface area contributed by atoms with Crippen molar-refractivity contribution < 1.29 is 9.13 Å². The maximum atomic E-state index is 14.9. The third-order valence-electron chi connectivity index (χ3n) is 7.10. The smallest absolute Gasteiger partial charge is 0.172 e. The second-order valence-electron chi connectivity index (χ2n) is 8.81. The molecule has 0 aromatic heterocycles. The van der Waals surface area contributed by atoms with Gasteiger partial charge in [-0.3, -0.25) is 0 Å². The molecule has 2 atom stereocenters. The minimum absolute atomic E-state index is 0.832. The molecule has 2 heterocycles. The van der Waals surface area contributed by atoms with Crippen molar-refractivity contribution in [3.05, 3.63) is 121 Å².